The zero-order valence-corrected chi connectivity index (χ0v) is 8.27. The van der Waals surface area contributed by atoms with E-state index in [2.05, 4.69) is 14.7 Å². The van der Waals surface area contributed by atoms with Gasteiger partial charge in [-0.15, -0.1) is 0 Å². The third-order valence-corrected chi connectivity index (χ3v) is 2.09. The molecule has 0 aliphatic rings. The number of carboxylic acid groups (broad SMARTS) is 1. The van der Waals surface area contributed by atoms with Crippen LogP contribution in [0.5, 0.6) is 0 Å². The zero-order chi connectivity index (χ0) is 11.7. The molecule has 0 aliphatic carbocycles. The predicted octanol–water partition coefficient (Wildman–Crippen LogP) is 1.88. The van der Waals surface area contributed by atoms with Crippen LogP contribution in [0.3, 0.4) is 0 Å². The molecule has 5 nitrogen and oxygen atoms in total. The SMILES string of the molecule is Cc1ncccc1-c1onc(C(=O)O)c1F. The highest BCUT2D eigenvalue weighted by Gasteiger charge is 2.23. The molecule has 1 N–H and O–H groups in total. The van der Waals surface area contributed by atoms with Crippen LogP contribution in [0.25, 0.3) is 11.3 Å². The maximum atomic E-state index is 13.6. The van der Waals surface area contributed by atoms with Gasteiger partial charge in [0.05, 0.1) is 0 Å². The molecule has 0 aromatic carbocycles. The topological polar surface area (TPSA) is 76.2 Å². The number of aromatic nitrogens is 2. The molecule has 0 aliphatic heterocycles. The van der Waals surface area contributed by atoms with E-state index in [0.717, 1.165) is 0 Å². The van der Waals surface area contributed by atoms with Crippen LogP contribution in [0.1, 0.15) is 16.2 Å². The number of hydrogen-bond donors (Lipinski definition) is 1. The van der Waals surface area contributed by atoms with E-state index < -0.39 is 17.5 Å². The van der Waals surface area contributed by atoms with Crippen molar-refractivity contribution in [3.63, 3.8) is 0 Å². The maximum absolute atomic E-state index is 13.6. The van der Waals surface area contributed by atoms with Gasteiger partial charge in [-0.1, -0.05) is 5.16 Å². The first-order valence-electron chi connectivity index (χ1n) is 4.41. The van der Waals surface area contributed by atoms with E-state index in [9.17, 15) is 9.18 Å². The summed E-state index contributed by atoms with van der Waals surface area (Å²) < 4.78 is 18.3. The molecule has 0 saturated carbocycles. The summed E-state index contributed by atoms with van der Waals surface area (Å²) in [6.45, 7) is 1.66. The highest BCUT2D eigenvalue weighted by Crippen LogP contribution is 2.26. The van der Waals surface area contributed by atoms with Gasteiger partial charge in [-0.3, -0.25) is 4.98 Å². The number of halogens is 1. The molecule has 0 bridgehead atoms. The summed E-state index contributed by atoms with van der Waals surface area (Å²) in [6, 6.07) is 3.18. The third kappa shape index (κ3) is 1.54. The molecule has 82 valence electrons. The van der Waals surface area contributed by atoms with Gasteiger partial charge >= 0.3 is 5.97 Å². The van der Waals surface area contributed by atoms with Gasteiger partial charge < -0.3 is 9.63 Å². The Kier molecular flexibility index (Phi) is 2.40. The molecular formula is C10H7FN2O3. The molecule has 0 atom stereocenters. The summed E-state index contributed by atoms with van der Waals surface area (Å²) in [5, 5.41) is 11.8. The molecule has 2 aromatic heterocycles. The molecule has 0 amide bonds. The molecule has 0 saturated heterocycles. The van der Waals surface area contributed by atoms with Crippen molar-refractivity contribution >= 4 is 5.97 Å². The first kappa shape index (κ1) is 10.3. The number of carbonyl (C=O) groups is 1. The summed E-state index contributed by atoms with van der Waals surface area (Å²) in [7, 11) is 0. The fraction of sp³-hybridized carbons (Fsp3) is 0.100. The second-order valence-corrected chi connectivity index (χ2v) is 3.12. The van der Waals surface area contributed by atoms with Crippen molar-refractivity contribution in [3.8, 4) is 11.3 Å². The Morgan fingerprint density at radius 3 is 2.88 bits per heavy atom. The van der Waals surface area contributed by atoms with Crippen molar-refractivity contribution in [2.45, 2.75) is 6.92 Å². The Hall–Kier alpha value is -2.24. The molecule has 16 heavy (non-hydrogen) atoms. The fourth-order valence-electron chi connectivity index (χ4n) is 1.30. The lowest BCUT2D eigenvalue weighted by atomic mass is 10.1. The number of rotatable bonds is 2. The number of aromatic carboxylic acids is 1. The Morgan fingerprint density at radius 1 is 1.56 bits per heavy atom. The van der Waals surface area contributed by atoms with Gasteiger partial charge in [0.1, 0.15) is 0 Å². The van der Waals surface area contributed by atoms with E-state index >= 15 is 0 Å². The Morgan fingerprint density at radius 2 is 2.31 bits per heavy atom. The van der Waals surface area contributed by atoms with E-state index in [1.165, 1.54) is 0 Å². The van der Waals surface area contributed by atoms with Crippen LogP contribution in [0.4, 0.5) is 4.39 Å². The minimum atomic E-state index is -1.46. The summed E-state index contributed by atoms with van der Waals surface area (Å²) in [5.74, 6) is -2.65. The van der Waals surface area contributed by atoms with Crippen LogP contribution in [0.2, 0.25) is 0 Å². The molecule has 2 rings (SSSR count). The highest BCUT2D eigenvalue weighted by molar-refractivity contribution is 5.87. The molecule has 2 heterocycles. The summed E-state index contributed by atoms with van der Waals surface area (Å²) in [6.07, 6.45) is 1.55. The lowest BCUT2D eigenvalue weighted by Gasteiger charge is -1.98. The van der Waals surface area contributed by atoms with Crippen LogP contribution in [0.15, 0.2) is 22.9 Å². The average molecular weight is 222 g/mol. The lowest BCUT2D eigenvalue weighted by molar-refractivity contribution is 0.0681. The second kappa shape index (κ2) is 3.73. The molecular weight excluding hydrogens is 215 g/mol. The van der Waals surface area contributed by atoms with Crippen LogP contribution < -0.4 is 0 Å². The van der Waals surface area contributed by atoms with E-state index in [1.807, 2.05) is 0 Å². The second-order valence-electron chi connectivity index (χ2n) is 3.12. The Balaban J connectivity index is 2.58. The van der Waals surface area contributed by atoms with Crippen molar-refractivity contribution in [3.05, 3.63) is 35.5 Å². The normalized spacial score (nSPS) is 10.4. The van der Waals surface area contributed by atoms with Crippen molar-refractivity contribution in [2.24, 2.45) is 0 Å². The van der Waals surface area contributed by atoms with Gasteiger partial charge in [0.15, 0.2) is 0 Å². The largest absolute Gasteiger partial charge is 0.476 e. The Labute approximate surface area is 89.5 Å². The molecule has 0 fully saturated rings. The van der Waals surface area contributed by atoms with Crippen LogP contribution in [-0.2, 0) is 0 Å². The van der Waals surface area contributed by atoms with Gasteiger partial charge in [-0.25, -0.2) is 4.79 Å². The average Bonchev–Trinajstić information content (AvgIpc) is 2.61. The first-order chi connectivity index (χ1) is 7.61. The quantitative estimate of drug-likeness (QED) is 0.839. The van der Waals surface area contributed by atoms with E-state index in [0.29, 0.717) is 11.3 Å². The predicted molar refractivity (Wildman–Crippen MR) is 51.4 cm³/mol. The third-order valence-electron chi connectivity index (χ3n) is 2.09. The number of hydrogen-bond acceptors (Lipinski definition) is 4. The minimum Gasteiger partial charge on any atom is -0.476 e. The first-order valence-corrected chi connectivity index (χ1v) is 4.41. The molecule has 0 unspecified atom stereocenters. The number of pyridine rings is 1. The zero-order valence-electron chi connectivity index (χ0n) is 8.27. The van der Waals surface area contributed by atoms with Crippen molar-refractivity contribution < 1.29 is 18.8 Å². The van der Waals surface area contributed by atoms with Crippen molar-refractivity contribution in [2.75, 3.05) is 0 Å². The van der Waals surface area contributed by atoms with Gasteiger partial charge in [0, 0.05) is 17.5 Å². The summed E-state index contributed by atoms with van der Waals surface area (Å²) >= 11 is 0. The number of carboxylic acids is 1. The van der Waals surface area contributed by atoms with E-state index in [4.69, 9.17) is 5.11 Å². The van der Waals surface area contributed by atoms with E-state index in [-0.39, 0.29) is 5.76 Å². The number of nitrogens with zero attached hydrogens (tertiary/aromatic N) is 2. The Bertz CT molecular complexity index is 551. The summed E-state index contributed by atoms with van der Waals surface area (Å²) in [5.41, 5.74) is 0.202. The van der Waals surface area contributed by atoms with Gasteiger partial charge in [-0.2, -0.15) is 4.39 Å². The molecule has 0 spiro atoms. The van der Waals surface area contributed by atoms with Crippen LogP contribution in [0, 0.1) is 12.7 Å². The van der Waals surface area contributed by atoms with Crippen molar-refractivity contribution in [1.82, 2.24) is 10.1 Å². The van der Waals surface area contributed by atoms with Gasteiger partial charge in [-0.05, 0) is 19.1 Å². The molecule has 2 aromatic rings. The van der Waals surface area contributed by atoms with Crippen molar-refractivity contribution in [1.29, 1.82) is 0 Å². The van der Waals surface area contributed by atoms with Crippen LogP contribution in [-0.4, -0.2) is 21.2 Å². The smallest absolute Gasteiger partial charge is 0.361 e. The molecule has 6 heteroatoms. The fourth-order valence-corrected chi connectivity index (χ4v) is 1.30. The lowest BCUT2D eigenvalue weighted by Crippen LogP contribution is -1.99. The van der Waals surface area contributed by atoms with Crippen LogP contribution >= 0.6 is 0 Å². The monoisotopic (exact) mass is 222 g/mol. The standard InChI is InChI=1S/C10H7FN2O3/c1-5-6(3-2-4-12-5)9-7(11)8(10(14)15)13-16-9/h2-4H,1H3,(H,14,15). The maximum Gasteiger partial charge on any atom is 0.361 e. The number of aryl methyl sites for hydroxylation is 1. The highest BCUT2D eigenvalue weighted by atomic mass is 19.1. The van der Waals surface area contributed by atoms with E-state index in [1.54, 1.807) is 25.3 Å². The molecule has 0 radical (unpaired) electrons. The van der Waals surface area contributed by atoms with Gasteiger partial charge in [0.2, 0.25) is 17.3 Å². The minimum absolute atomic E-state index is 0.206. The van der Waals surface area contributed by atoms with Gasteiger partial charge in [0.25, 0.3) is 0 Å². The summed E-state index contributed by atoms with van der Waals surface area (Å²) in [4.78, 5) is 14.5.